The minimum absolute atomic E-state index is 0.129. The van der Waals surface area contributed by atoms with Gasteiger partial charge in [-0.15, -0.1) is 0 Å². The molecule has 3 nitrogen and oxygen atoms in total. The Morgan fingerprint density at radius 3 is 2.36 bits per heavy atom. The molecule has 1 heterocycles. The minimum Gasteiger partial charge on any atom is -0.328 e. The lowest BCUT2D eigenvalue weighted by Crippen LogP contribution is -2.47. The summed E-state index contributed by atoms with van der Waals surface area (Å²) in [5, 5.41) is 0. The lowest BCUT2D eigenvalue weighted by Gasteiger charge is -2.27. The van der Waals surface area contributed by atoms with Gasteiger partial charge in [-0.1, -0.05) is 57.7 Å². The lowest BCUT2D eigenvalue weighted by atomic mass is 9.95. The molecule has 33 heavy (non-hydrogen) atoms. The summed E-state index contributed by atoms with van der Waals surface area (Å²) >= 11 is 3.53. The van der Waals surface area contributed by atoms with Crippen molar-refractivity contribution in [2.45, 2.75) is 51.6 Å². The van der Waals surface area contributed by atoms with E-state index in [1.807, 2.05) is 13.8 Å². The van der Waals surface area contributed by atoms with E-state index < -0.39 is 42.1 Å². The van der Waals surface area contributed by atoms with Crippen molar-refractivity contribution in [2.75, 3.05) is 12.8 Å². The van der Waals surface area contributed by atoms with Crippen LogP contribution >= 0.6 is 12.6 Å². The molecule has 0 radical (unpaired) electrons. The summed E-state index contributed by atoms with van der Waals surface area (Å²) in [6, 6.07) is 7.24. The number of rotatable bonds is 5. The van der Waals surface area contributed by atoms with E-state index in [4.69, 9.17) is 5.73 Å². The van der Waals surface area contributed by atoms with Crippen molar-refractivity contribution in [2.24, 2.45) is 5.73 Å². The van der Waals surface area contributed by atoms with E-state index in [2.05, 4.69) is 19.2 Å². The van der Waals surface area contributed by atoms with Crippen LogP contribution < -0.4 is 5.73 Å². The van der Waals surface area contributed by atoms with Crippen LogP contribution in [0.1, 0.15) is 32.8 Å². The minimum atomic E-state index is -3.29. The SMILES string of the molecule is C=C(CC)C(=O)N1CC(F)(F)C(N)C1Cc1cccc(-c2cccc(F)c2)c1F.CC.CS. The molecule has 182 valence electrons. The van der Waals surface area contributed by atoms with E-state index >= 15 is 4.39 Å². The predicted octanol–water partition coefficient (Wildman–Crippen LogP) is 5.89. The number of carbonyl (C=O) groups is 1. The van der Waals surface area contributed by atoms with E-state index in [-0.39, 0.29) is 23.1 Å². The maximum atomic E-state index is 15.1. The summed E-state index contributed by atoms with van der Waals surface area (Å²) in [4.78, 5) is 13.5. The van der Waals surface area contributed by atoms with Gasteiger partial charge >= 0.3 is 0 Å². The summed E-state index contributed by atoms with van der Waals surface area (Å²) in [6.45, 7) is 8.49. The molecule has 1 aliphatic rings. The van der Waals surface area contributed by atoms with Gasteiger partial charge in [0.2, 0.25) is 5.91 Å². The number of likely N-dealkylation sites (tertiary alicyclic amines) is 1. The molecule has 1 aliphatic heterocycles. The Balaban J connectivity index is 0.00000129. The molecule has 2 unspecified atom stereocenters. The highest BCUT2D eigenvalue weighted by Gasteiger charge is 2.54. The number of halogens is 4. The zero-order chi connectivity index (χ0) is 25.3. The first kappa shape index (κ1) is 28.7. The number of carbonyl (C=O) groups excluding carboxylic acids is 1. The molecule has 1 fully saturated rings. The van der Waals surface area contributed by atoms with E-state index in [1.54, 1.807) is 25.3 Å². The van der Waals surface area contributed by atoms with Crippen molar-refractivity contribution < 1.29 is 22.4 Å². The molecule has 8 heteroatoms. The van der Waals surface area contributed by atoms with Gasteiger partial charge in [0.15, 0.2) is 0 Å². The van der Waals surface area contributed by atoms with Gasteiger partial charge in [0, 0.05) is 11.1 Å². The number of hydrogen-bond acceptors (Lipinski definition) is 3. The number of thiol groups is 1. The first-order chi connectivity index (χ1) is 15.7. The fourth-order valence-electron chi connectivity index (χ4n) is 3.58. The standard InChI is InChI=1S/C22H22F4N2O.C2H6.CH4S/c1-3-13(2)21(29)28-12-22(25,26)20(27)18(28)11-15-7-5-9-17(19(15)24)14-6-4-8-16(23)10-14;2*1-2/h4-10,18,20H,2-3,11-12,27H2,1H3;1-2H3;2H,1H3. The van der Waals surface area contributed by atoms with E-state index in [0.717, 1.165) is 4.90 Å². The third-order valence-electron chi connectivity index (χ3n) is 5.32. The Hall–Kier alpha value is -2.32. The van der Waals surface area contributed by atoms with E-state index in [0.29, 0.717) is 12.0 Å². The van der Waals surface area contributed by atoms with Gasteiger partial charge in [-0.05, 0) is 42.4 Å². The molecule has 2 atom stereocenters. The first-order valence-electron chi connectivity index (χ1n) is 10.8. The summed E-state index contributed by atoms with van der Waals surface area (Å²) in [5.41, 5.74) is 6.55. The summed E-state index contributed by atoms with van der Waals surface area (Å²) in [6.07, 6.45) is 1.82. The molecular weight excluding hydrogens is 452 g/mol. The van der Waals surface area contributed by atoms with Crippen LogP contribution in [0.4, 0.5) is 17.6 Å². The van der Waals surface area contributed by atoms with Crippen LogP contribution in [0.2, 0.25) is 0 Å². The maximum Gasteiger partial charge on any atom is 0.282 e. The quantitative estimate of drug-likeness (QED) is 0.316. The zero-order valence-corrected chi connectivity index (χ0v) is 20.3. The number of benzene rings is 2. The second kappa shape index (κ2) is 12.8. The molecule has 0 spiro atoms. The third kappa shape index (κ3) is 6.60. The first-order valence-corrected chi connectivity index (χ1v) is 11.7. The van der Waals surface area contributed by atoms with Crippen molar-refractivity contribution in [3.8, 4) is 11.1 Å². The number of nitrogens with two attached hydrogens (primary N) is 1. The van der Waals surface area contributed by atoms with Crippen LogP contribution in [0.25, 0.3) is 11.1 Å². The van der Waals surface area contributed by atoms with E-state index in [1.165, 1.54) is 30.3 Å². The molecule has 3 rings (SSSR count). The highest BCUT2D eigenvalue weighted by Crippen LogP contribution is 2.35. The van der Waals surface area contributed by atoms with Crippen LogP contribution in [0.5, 0.6) is 0 Å². The summed E-state index contributed by atoms with van der Waals surface area (Å²) in [7, 11) is 0. The van der Waals surface area contributed by atoms with Crippen LogP contribution in [0, 0.1) is 11.6 Å². The average Bonchev–Trinajstić information content (AvgIpc) is 3.05. The Morgan fingerprint density at radius 1 is 1.18 bits per heavy atom. The topological polar surface area (TPSA) is 46.3 Å². The Labute approximate surface area is 199 Å². The fourth-order valence-corrected chi connectivity index (χ4v) is 3.58. The van der Waals surface area contributed by atoms with Gasteiger partial charge in [0.05, 0.1) is 18.6 Å². The van der Waals surface area contributed by atoms with Crippen molar-refractivity contribution in [1.29, 1.82) is 0 Å². The van der Waals surface area contributed by atoms with Gasteiger partial charge in [-0.2, -0.15) is 12.6 Å². The molecule has 0 saturated carbocycles. The van der Waals surface area contributed by atoms with Crippen LogP contribution in [0.3, 0.4) is 0 Å². The molecule has 2 N–H and O–H groups in total. The smallest absolute Gasteiger partial charge is 0.282 e. The summed E-state index contributed by atoms with van der Waals surface area (Å²) in [5.74, 6) is -5.06. The largest absolute Gasteiger partial charge is 0.328 e. The molecule has 2 aromatic carbocycles. The lowest BCUT2D eigenvalue weighted by molar-refractivity contribution is -0.129. The van der Waals surface area contributed by atoms with Gasteiger partial charge in [-0.25, -0.2) is 17.6 Å². The van der Waals surface area contributed by atoms with Gasteiger partial charge in [0.1, 0.15) is 11.6 Å². The van der Waals surface area contributed by atoms with Crippen molar-refractivity contribution >= 4 is 18.5 Å². The maximum absolute atomic E-state index is 15.1. The van der Waals surface area contributed by atoms with Gasteiger partial charge < -0.3 is 10.6 Å². The van der Waals surface area contributed by atoms with Crippen LogP contribution in [0.15, 0.2) is 54.6 Å². The van der Waals surface area contributed by atoms with Crippen molar-refractivity contribution in [3.05, 3.63) is 71.8 Å². The van der Waals surface area contributed by atoms with Crippen LogP contribution in [-0.4, -0.2) is 41.6 Å². The van der Waals surface area contributed by atoms with Gasteiger partial charge in [-0.3, -0.25) is 4.79 Å². The van der Waals surface area contributed by atoms with E-state index in [9.17, 15) is 18.0 Å². The zero-order valence-electron chi connectivity index (χ0n) is 19.4. The monoisotopic (exact) mass is 484 g/mol. The molecule has 0 aromatic heterocycles. The molecule has 1 saturated heterocycles. The average molecular weight is 485 g/mol. The number of hydrogen-bond donors (Lipinski definition) is 2. The highest BCUT2D eigenvalue weighted by molar-refractivity contribution is 7.79. The second-order valence-corrected chi connectivity index (χ2v) is 7.24. The number of amides is 1. The Kier molecular flexibility index (Phi) is 11.1. The molecule has 0 aliphatic carbocycles. The molecular formula is C25H32F4N2OS. The number of nitrogens with zero attached hydrogens (tertiary/aromatic N) is 1. The van der Waals surface area contributed by atoms with Gasteiger partial charge in [0.25, 0.3) is 5.92 Å². The Bertz CT molecular complexity index is 952. The second-order valence-electron chi connectivity index (χ2n) is 7.24. The molecule has 0 bridgehead atoms. The van der Waals surface area contributed by atoms with Crippen LogP contribution in [-0.2, 0) is 11.2 Å². The Morgan fingerprint density at radius 2 is 1.79 bits per heavy atom. The molecule has 2 aromatic rings. The third-order valence-corrected chi connectivity index (χ3v) is 5.32. The summed E-state index contributed by atoms with van der Waals surface area (Å²) < 4.78 is 57.2. The normalized spacial score (nSPS) is 18.5. The van der Waals surface area contributed by atoms with Crippen molar-refractivity contribution in [3.63, 3.8) is 0 Å². The predicted molar refractivity (Wildman–Crippen MR) is 130 cm³/mol. The fraction of sp³-hybridized carbons (Fsp3) is 0.400. The number of alkyl halides is 2. The molecule has 1 amide bonds. The van der Waals surface area contributed by atoms with Crippen molar-refractivity contribution in [1.82, 2.24) is 4.90 Å². The highest BCUT2D eigenvalue weighted by atomic mass is 32.1.